The Labute approximate surface area is 163 Å². The summed E-state index contributed by atoms with van der Waals surface area (Å²) in [6, 6.07) is 12.5. The van der Waals surface area contributed by atoms with E-state index in [1.54, 1.807) is 6.08 Å². The van der Waals surface area contributed by atoms with Crippen molar-refractivity contribution in [2.24, 2.45) is 0 Å². The van der Waals surface area contributed by atoms with E-state index in [9.17, 15) is 0 Å². The van der Waals surface area contributed by atoms with Gasteiger partial charge in [0.25, 0.3) is 0 Å². The number of nitrogens with zero attached hydrogens (tertiary/aromatic N) is 2. The van der Waals surface area contributed by atoms with E-state index in [0.717, 1.165) is 11.2 Å². The predicted molar refractivity (Wildman–Crippen MR) is 121 cm³/mol. The monoisotopic (exact) mass is 358 g/mol. The molecule has 0 bridgehead atoms. The van der Waals surface area contributed by atoms with Gasteiger partial charge in [-0.05, 0) is 48.7 Å². The second-order valence-electron chi connectivity index (χ2n) is 5.40. The van der Waals surface area contributed by atoms with Crippen LogP contribution in [0.3, 0.4) is 0 Å². The van der Waals surface area contributed by atoms with Crippen molar-refractivity contribution in [2.75, 3.05) is 0 Å². The number of hydrogen-bond acceptors (Lipinski definition) is 1. The molecule has 3 aromatic rings. The summed E-state index contributed by atoms with van der Waals surface area (Å²) in [4.78, 5) is 4.35. The van der Waals surface area contributed by atoms with E-state index in [4.69, 9.17) is 0 Å². The fourth-order valence-electron chi connectivity index (χ4n) is 2.52. The molecule has 0 radical (unpaired) electrons. The normalized spacial score (nSPS) is 10.6. The second-order valence-corrected chi connectivity index (χ2v) is 5.40. The number of hydrogen-bond donors (Lipinski definition) is 0. The Hall–Kier alpha value is -3.13. The molecule has 0 unspecified atom stereocenters. The smallest absolute Gasteiger partial charge is 0.137 e. The van der Waals surface area contributed by atoms with Crippen LogP contribution in [0, 0.1) is 0 Å². The first-order valence-electron chi connectivity index (χ1n) is 9.29. The molecule has 0 aliphatic rings. The first kappa shape index (κ1) is 21.9. The molecule has 2 heterocycles. The molecule has 140 valence electrons. The van der Waals surface area contributed by atoms with Crippen LogP contribution in [-0.2, 0) is 0 Å². The highest BCUT2D eigenvalue weighted by Gasteiger charge is 2.04. The predicted octanol–water partition coefficient (Wildman–Crippen LogP) is 7.37. The van der Waals surface area contributed by atoms with E-state index in [1.165, 1.54) is 16.7 Å². The molecule has 0 fully saturated rings. The molecule has 0 atom stereocenters. The SMILES string of the molecule is C=C/C(=C\C)c1cccc(-c2cc3ncccn3c2)c1.C=C/C=C\C.CC. The molecule has 0 aliphatic carbocycles. The summed E-state index contributed by atoms with van der Waals surface area (Å²) in [5.41, 5.74) is 5.65. The number of allylic oxidation sites excluding steroid dienone is 6. The van der Waals surface area contributed by atoms with E-state index in [-0.39, 0.29) is 0 Å². The lowest BCUT2D eigenvalue weighted by atomic mass is 10.0. The molecule has 2 nitrogen and oxygen atoms in total. The number of aromatic nitrogens is 2. The standard InChI is InChI=1S/C18H16N2.C5H8.C2H6/c1-3-14(4-2)15-7-5-8-16(11-15)17-12-18-19-9-6-10-20(18)13-17;1-3-5-4-2;1-2/h3-13H,1H2,2H3;3-5H,1H2,2H3;1-2H3/b14-4+;5-4-;. The van der Waals surface area contributed by atoms with E-state index in [1.807, 2.05) is 68.8 Å². The van der Waals surface area contributed by atoms with Gasteiger partial charge in [-0.15, -0.1) is 0 Å². The molecule has 3 rings (SSSR count). The molecule has 0 N–H and O–H groups in total. The van der Waals surface area contributed by atoms with Gasteiger partial charge in [0.05, 0.1) is 0 Å². The van der Waals surface area contributed by atoms with Crippen molar-refractivity contribution in [2.45, 2.75) is 27.7 Å². The van der Waals surface area contributed by atoms with Gasteiger partial charge in [0.2, 0.25) is 0 Å². The van der Waals surface area contributed by atoms with Gasteiger partial charge >= 0.3 is 0 Å². The van der Waals surface area contributed by atoms with E-state index >= 15 is 0 Å². The molecule has 2 heteroatoms. The highest BCUT2D eigenvalue weighted by Crippen LogP contribution is 2.25. The number of fused-ring (bicyclic) bond motifs is 1. The summed E-state index contributed by atoms with van der Waals surface area (Å²) in [5.74, 6) is 0. The third-order valence-corrected chi connectivity index (χ3v) is 3.76. The third-order valence-electron chi connectivity index (χ3n) is 3.76. The number of rotatable bonds is 4. The zero-order valence-electron chi connectivity index (χ0n) is 16.9. The van der Waals surface area contributed by atoms with Gasteiger partial charge in [-0.25, -0.2) is 4.98 Å². The van der Waals surface area contributed by atoms with E-state index < -0.39 is 0 Å². The first-order chi connectivity index (χ1) is 13.2. The minimum Gasteiger partial charge on any atom is -0.308 e. The van der Waals surface area contributed by atoms with Gasteiger partial charge in [0.1, 0.15) is 5.65 Å². The maximum Gasteiger partial charge on any atom is 0.137 e. The van der Waals surface area contributed by atoms with Crippen LogP contribution >= 0.6 is 0 Å². The lowest BCUT2D eigenvalue weighted by Gasteiger charge is -2.04. The van der Waals surface area contributed by atoms with Crippen LogP contribution in [0.2, 0.25) is 0 Å². The zero-order chi connectivity index (χ0) is 20.1. The molecule has 0 saturated carbocycles. The van der Waals surface area contributed by atoms with Gasteiger partial charge in [-0.3, -0.25) is 0 Å². The molecule has 0 saturated heterocycles. The second kappa shape index (κ2) is 12.3. The van der Waals surface area contributed by atoms with Crippen LogP contribution < -0.4 is 0 Å². The fourth-order valence-corrected chi connectivity index (χ4v) is 2.52. The fraction of sp³-hybridized carbons (Fsp3) is 0.160. The molecule has 0 aliphatic heterocycles. The maximum atomic E-state index is 4.35. The Bertz CT molecular complexity index is 878. The van der Waals surface area contributed by atoms with Crippen molar-refractivity contribution in [1.29, 1.82) is 0 Å². The molecular weight excluding hydrogens is 328 g/mol. The van der Waals surface area contributed by atoms with Gasteiger partial charge in [0, 0.05) is 24.2 Å². The van der Waals surface area contributed by atoms with Crippen LogP contribution in [0.5, 0.6) is 0 Å². The van der Waals surface area contributed by atoms with Crippen LogP contribution in [0.1, 0.15) is 33.3 Å². The zero-order valence-corrected chi connectivity index (χ0v) is 16.9. The Morgan fingerprint density at radius 2 is 1.81 bits per heavy atom. The molecule has 0 spiro atoms. The van der Waals surface area contributed by atoms with Crippen molar-refractivity contribution < 1.29 is 0 Å². The minimum atomic E-state index is 0.961. The van der Waals surface area contributed by atoms with Crippen molar-refractivity contribution >= 4 is 11.2 Å². The van der Waals surface area contributed by atoms with E-state index in [2.05, 4.69) is 60.7 Å². The average Bonchev–Trinajstić information content (AvgIpc) is 3.16. The topological polar surface area (TPSA) is 17.3 Å². The summed E-state index contributed by atoms with van der Waals surface area (Å²) < 4.78 is 2.03. The van der Waals surface area contributed by atoms with Crippen LogP contribution in [-0.4, -0.2) is 9.38 Å². The quantitative estimate of drug-likeness (QED) is 0.445. The molecule has 1 aromatic carbocycles. The first-order valence-corrected chi connectivity index (χ1v) is 9.29. The summed E-state index contributed by atoms with van der Waals surface area (Å²) in [5, 5.41) is 0. The van der Waals surface area contributed by atoms with Crippen LogP contribution in [0.4, 0.5) is 0 Å². The molecule has 0 amide bonds. The largest absolute Gasteiger partial charge is 0.308 e. The lowest BCUT2D eigenvalue weighted by Crippen LogP contribution is -1.82. The highest BCUT2D eigenvalue weighted by atomic mass is 14.9. The van der Waals surface area contributed by atoms with Crippen molar-refractivity contribution in [3.05, 3.63) is 104 Å². The van der Waals surface area contributed by atoms with Gasteiger partial charge < -0.3 is 4.40 Å². The Morgan fingerprint density at radius 3 is 2.37 bits per heavy atom. The molecule has 27 heavy (non-hydrogen) atoms. The third kappa shape index (κ3) is 6.27. The van der Waals surface area contributed by atoms with Gasteiger partial charge in [0.15, 0.2) is 0 Å². The summed E-state index contributed by atoms with van der Waals surface area (Å²) in [6.07, 6.45) is 15.5. The Balaban J connectivity index is 0.000000454. The van der Waals surface area contributed by atoms with Gasteiger partial charge in [-0.1, -0.05) is 75.6 Å². The Morgan fingerprint density at radius 1 is 1.04 bits per heavy atom. The maximum absolute atomic E-state index is 4.35. The highest BCUT2D eigenvalue weighted by molar-refractivity contribution is 5.78. The van der Waals surface area contributed by atoms with Crippen LogP contribution in [0.25, 0.3) is 22.3 Å². The Kier molecular flexibility index (Phi) is 9.95. The van der Waals surface area contributed by atoms with Crippen molar-refractivity contribution in [3.63, 3.8) is 0 Å². The summed E-state index contributed by atoms with van der Waals surface area (Å²) in [7, 11) is 0. The lowest BCUT2D eigenvalue weighted by molar-refractivity contribution is 1.13. The van der Waals surface area contributed by atoms with Crippen molar-refractivity contribution in [3.8, 4) is 11.1 Å². The summed E-state index contributed by atoms with van der Waals surface area (Å²) in [6.45, 7) is 15.3. The minimum absolute atomic E-state index is 0.961. The molecule has 2 aromatic heterocycles. The van der Waals surface area contributed by atoms with Crippen LogP contribution in [0.15, 0.2) is 98.5 Å². The van der Waals surface area contributed by atoms with E-state index in [0.29, 0.717) is 0 Å². The molecular formula is C25H30N2. The van der Waals surface area contributed by atoms with Crippen molar-refractivity contribution in [1.82, 2.24) is 9.38 Å². The average molecular weight is 359 g/mol. The van der Waals surface area contributed by atoms with Gasteiger partial charge in [-0.2, -0.15) is 0 Å². The summed E-state index contributed by atoms with van der Waals surface area (Å²) >= 11 is 0. The number of benzene rings is 1.